The molecule has 12 aromatic rings. The third-order valence-electron chi connectivity index (χ3n) is 22.4. The second kappa shape index (κ2) is 20.6. The van der Waals surface area contributed by atoms with Gasteiger partial charge >= 0.3 is 0 Å². The zero-order chi connectivity index (χ0) is 61.8. The van der Waals surface area contributed by atoms with Gasteiger partial charge in [-0.05, 0) is 206 Å². The normalized spacial score (nSPS) is 16.6. The highest BCUT2D eigenvalue weighted by Crippen LogP contribution is 2.66. The van der Waals surface area contributed by atoms with Crippen LogP contribution in [0.1, 0.15) is 184 Å². The lowest BCUT2D eigenvalue weighted by Crippen LogP contribution is -2.33. The second-order valence-corrected chi connectivity index (χ2v) is 29.6. The van der Waals surface area contributed by atoms with Crippen LogP contribution in [0, 0.1) is 0 Å². The Hall–Kier alpha value is -9.38. The van der Waals surface area contributed by atoms with Crippen LogP contribution in [0.5, 0.6) is 23.0 Å². The van der Waals surface area contributed by atoms with Gasteiger partial charge in [0.25, 0.3) is 0 Å². The fourth-order valence-corrected chi connectivity index (χ4v) is 17.9. The van der Waals surface area contributed by atoms with Crippen LogP contribution < -0.4 is 14.4 Å². The summed E-state index contributed by atoms with van der Waals surface area (Å²) in [5.41, 5.74) is 25.6. The third-order valence-corrected chi connectivity index (χ3v) is 22.4. The molecule has 92 heavy (non-hydrogen) atoms. The Labute approximate surface area is 542 Å². The molecule has 3 heterocycles. The van der Waals surface area contributed by atoms with Gasteiger partial charge in [-0.25, -0.2) is 0 Å². The van der Waals surface area contributed by atoms with Crippen molar-refractivity contribution in [2.45, 2.75) is 139 Å². The number of hydrogen-bond donors (Lipinski definition) is 0. The molecule has 0 atom stereocenters. The van der Waals surface area contributed by atoms with E-state index in [0.717, 1.165) is 45.7 Å². The van der Waals surface area contributed by atoms with Gasteiger partial charge < -0.3 is 18.9 Å². The summed E-state index contributed by atoms with van der Waals surface area (Å²) in [6.45, 7) is 14.0. The summed E-state index contributed by atoms with van der Waals surface area (Å²) in [6.07, 6.45) is 12.6. The number of nitrogens with zero attached hydrogens (tertiary/aromatic N) is 2. The van der Waals surface area contributed by atoms with E-state index in [0.29, 0.717) is 11.8 Å². The van der Waals surface area contributed by atoms with Crippen molar-refractivity contribution in [2.75, 3.05) is 4.90 Å². The number of hydrogen-bond acceptors (Lipinski definition) is 3. The van der Waals surface area contributed by atoms with Crippen molar-refractivity contribution in [1.82, 2.24) is 4.57 Å². The van der Waals surface area contributed by atoms with Gasteiger partial charge in [0.05, 0.1) is 21.9 Å². The highest BCUT2D eigenvalue weighted by molar-refractivity contribution is 6.09. The monoisotopic (exact) mass is 1190 g/mol. The van der Waals surface area contributed by atoms with E-state index < -0.39 is 10.8 Å². The molecule has 2 spiro atoms. The first-order valence-electron chi connectivity index (χ1n) is 34.2. The molecule has 2 fully saturated rings. The molecule has 1 aromatic heterocycles. The van der Waals surface area contributed by atoms with Crippen molar-refractivity contribution in [2.24, 2.45) is 0 Å². The zero-order valence-corrected chi connectivity index (χ0v) is 53.9. The lowest BCUT2D eigenvalue weighted by atomic mass is 9.64. The first kappa shape index (κ1) is 55.5. The van der Waals surface area contributed by atoms with Gasteiger partial charge in [0, 0.05) is 55.8 Å². The SMILES string of the molecule is CC(C)(C)c1ccc2c(c1)C1(c3cc(C(C)(C)C)ccc3O2)c2ccccc2-c2ccc(N(c3cccc(-n4c5ccccc5c5ccccc54)c3)c3ccc4c(c3)C3(c5cc(C6CCCCC6)ccc5Oc5ccc(C6CCCCC6)cc53)c3ccccc3-4)cc21. The van der Waals surface area contributed by atoms with Gasteiger partial charge in [-0.2, -0.15) is 0 Å². The van der Waals surface area contributed by atoms with Crippen molar-refractivity contribution >= 4 is 38.9 Å². The predicted octanol–water partition coefficient (Wildman–Crippen LogP) is 23.9. The van der Waals surface area contributed by atoms with Crippen LogP contribution >= 0.6 is 0 Å². The summed E-state index contributed by atoms with van der Waals surface area (Å²) in [5, 5.41) is 2.49. The first-order chi connectivity index (χ1) is 44.8. The van der Waals surface area contributed by atoms with Crippen LogP contribution in [0.2, 0.25) is 0 Å². The maximum absolute atomic E-state index is 7.31. The molecule has 452 valence electrons. The van der Waals surface area contributed by atoms with Crippen LogP contribution in [-0.2, 0) is 21.7 Å². The second-order valence-electron chi connectivity index (χ2n) is 29.6. The number of anilines is 3. The number of ether oxygens (including phenoxy) is 2. The third kappa shape index (κ3) is 8.14. The van der Waals surface area contributed by atoms with E-state index in [1.807, 2.05) is 0 Å². The molecular weight excluding hydrogens is 1120 g/mol. The van der Waals surface area contributed by atoms with Crippen LogP contribution in [-0.4, -0.2) is 4.57 Å². The number of benzene rings is 11. The van der Waals surface area contributed by atoms with E-state index in [1.54, 1.807) is 0 Å². The number of fused-ring (bicyclic) bond motifs is 21. The number of para-hydroxylation sites is 2. The van der Waals surface area contributed by atoms with E-state index in [1.165, 1.54) is 175 Å². The molecule has 2 saturated carbocycles. The van der Waals surface area contributed by atoms with Crippen LogP contribution in [0.15, 0.2) is 231 Å². The van der Waals surface area contributed by atoms with Gasteiger partial charge in [-0.3, -0.25) is 0 Å². The molecule has 0 unspecified atom stereocenters. The fraction of sp³-hybridized carbons (Fsp3) is 0.250. The summed E-state index contributed by atoms with van der Waals surface area (Å²) in [5.74, 6) is 4.75. The lowest BCUT2D eigenvalue weighted by Gasteiger charge is -2.41. The quantitative estimate of drug-likeness (QED) is 0.166. The molecule has 0 saturated heterocycles. The van der Waals surface area contributed by atoms with Crippen molar-refractivity contribution in [3.63, 3.8) is 0 Å². The van der Waals surface area contributed by atoms with Crippen LogP contribution in [0.3, 0.4) is 0 Å². The minimum absolute atomic E-state index is 0.115. The Bertz CT molecular complexity index is 4820. The zero-order valence-electron chi connectivity index (χ0n) is 53.9. The molecule has 11 aromatic carbocycles. The Balaban J connectivity index is 0.926. The fourth-order valence-electron chi connectivity index (χ4n) is 17.9. The topological polar surface area (TPSA) is 26.6 Å². The Morgan fingerprint density at radius 2 is 0.739 bits per heavy atom. The summed E-state index contributed by atoms with van der Waals surface area (Å²) in [6, 6.07) is 89.3. The average molecular weight is 1200 g/mol. The molecule has 0 amide bonds. The van der Waals surface area contributed by atoms with Gasteiger partial charge in [0.1, 0.15) is 23.0 Å². The van der Waals surface area contributed by atoms with Crippen molar-refractivity contribution < 1.29 is 9.47 Å². The van der Waals surface area contributed by atoms with Crippen molar-refractivity contribution in [3.8, 4) is 50.9 Å². The predicted molar refractivity (Wildman–Crippen MR) is 379 cm³/mol. The van der Waals surface area contributed by atoms with Crippen LogP contribution in [0.25, 0.3) is 49.7 Å². The van der Waals surface area contributed by atoms with Gasteiger partial charge in [0.15, 0.2) is 0 Å². The van der Waals surface area contributed by atoms with E-state index >= 15 is 0 Å². The lowest BCUT2D eigenvalue weighted by molar-refractivity contribution is 0.424. The maximum Gasteiger partial charge on any atom is 0.132 e. The van der Waals surface area contributed by atoms with Gasteiger partial charge in [0.2, 0.25) is 0 Å². The molecule has 4 aliphatic carbocycles. The highest BCUT2D eigenvalue weighted by Gasteiger charge is 2.54. The largest absolute Gasteiger partial charge is 0.457 e. The standard InChI is InChI=1S/C88H78N2O2/c1-85(2,3)59-38-46-83-77(50-59)88(78-51-60(86(4,5)6)39-47-84(78)92-83)72-33-18-14-29-66(72)68-43-41-64(54-74(68)88)89(61-26-21-27-62(52-61)90-79-34-19-15-30-69(79)70-31-16-20-35-80(70)90)63-40-42-67-65-28-13-17-32-71(65)87(73(67)53-63)75-48-57(55-22-9-7-10-23-55)36-44-81(75)91-82-45-37-58(49-76(82)87)56-24-11-8-12-25-56/h13-21,26-56H,7-12,22-25H2,1-6H3. The number of aromatic nitrogens is 1. The van der Waals surface area contributed by atoms with Crippen LogP contribution in [0.4, 0.5) is 17.1 Å². The summed E-state index contributed by atoms with van der Waals surface area (Å²) >= 11 is 0. The molecule has 0 radical (unpaired) electrons. The van der Waals surface area contributed by atoms with Crippen molar-refractivity contribution in [1.29, 1.82) is 0 Å². The minimum Gasteiger partial charge on any atom is -0.457 e. The van der Waals surface area contributed by atoms with Gasteiger partial charge in [-0.15, -0.1) is 0 Å². The first-order valence-corrected chi connectivity index (χ1v) is 34.2. The molecule has 2 aliphatic heterocycles. The highest BCUT2D eigenvalue weighted by atomic mass is 16.5. The van der Waals surface area contributed by atoms with E-state index in [4.69, 9.17) is 9.47 Å². The maximum atomic E-state index is 7.31. The minimum atomic E-state index is -0.727. The molecule has 18 rings (SSSR count). The summed E-state index contributed by atoms with van der Waals surface area (Å²) in [7, 11) is 0. The average Bonchev–Trinajstić information content (AvgIpc) is 1.48. The number of rotatable bonds is 6. The van der Waals surface area contributed by atoms with Crippen molar-refractivity contribution in [3.05, 3.63) is 297 Å². The Morgan fingerprint density at radius 1 is 0.337 bits per heavy atom. The summed E-state index contributed by atoms with van der Waals surface area (Å²) < 4.78 is 17.0. The molecule has 0 N–H and O–H groups in total. The molecular formula is C88H78N2O2. The van der Waals surface area contributed by atoms with Gasteiger partial charge in [-0.1, -0.05) is 220 Å². The smallest absolute Gasteiger partial charge is 0.132 e. The van der Waals surface area contributed by atoms with E-state index in [9.17, 15) is 0 Å². The van der Waals surface area contributed by atoms with E-state index in [2.05, 4.69) is 282 Å². The Morgan fingerprint density at radius 3 is 1.21 bits per heavy atom. The Kier molecular flexibility index (Phi) is 12.4. The molecule has 4 heteroatoms. The molecule has 0 bridgehead atoms. The molecule has 4 nitrogen and oxygen atoms in total. The summed E-state index contributed by atoms with van der Waals surface area (Å²) in [4.78, 5) is 2.58. The van der Waals surface area contributed by atoms with E-state index in [-0.39, 0.29) is 10.8 Å². The molecule has 6 aliphatic rings.